The minimum atomic E-state index is -0.266. The summed E-state index contributed by atoms with van der Waals surface area (Å²) in [6, 6.07) is 25.0. The van der Waals surface area contributed by atoms with Gasteiger partial charge >= 0.3 is 5.97 Å². The van der Waals surface area contributed by atoms with E-state index in [-0.39, 0.29) is 36.7 Å². The summed E-state index contributed by atoms with van der Waals surface area (Å²) in [5.74, 6) is 1.18. The zero-order valence-electron chi connectivity index (χ0n) is 14.9. The van der Waals surface area contributed by atoms with Crippen LogP contribution in [0.2, 0.25) is 0 Å². The maximum absolute atomic E-state index is 11.5. The Bertz CT molecular complexity index is 509. The molecular weight excluding hydrogens is 415 g/mol. The van der Waals surface area contributed by atoms with Gasteiger partial charge in [-0.15, -0.1) is 0 Å². The van der Waals surface area contributed by atoms with Gasteiger partial charge in [-0.25, -0.2) is 0 Å². The van der Waals surface area contributed by atoms with Crippen LogP contribution in [0.25, 0.3) is 0 Å². The van der Waals surface area contributed by atoms with Crippen molar-refractivity contribution in [3.05, 3.63) is 79.2 Å². The summed E-state index contributed by atoms with van der Waals surface area (Å²) < 4.78 is 4.82. The number of benzene rings is 2. The van der Waals surface area contributed by atoms with E-state index in [0.717, 1.165) is 0 Å². The molecule has 0 saturated heterocycles. The molecular formula is C22H27O2Sn. The molecule has 3 heteroatoms. The Morgan fingerprint density at radius 2 is 1.52 bits per heavy atom. The molecule has 0 aromatic heterocycles. The second-order valence-corrected chi connectivity index (χ2v) is 6.37. The average Bonchev–Trinajstić information content (AvgIpc) is 3.26. The van der Waals surface area contributed by atoms with Gasteiger partial charge in [-0.05, 0) is 56.6 Å². The number of rotatable bonds is 1. The minimum absolute atomic E-state index is 0. The van der Waals surface area contributed by atoms with Crippen molar-refractivity contribution in [1.29, 1.82) is 0 Å². The number of hydrogen-bond acceptors (Lipinski definition) is 2. The van der Waals surface area contributed by atoms with Crippen LogP contribution in [0.4, 0.5) is 0 Å². The monoisotopic (exact) mass is 443 g/mol. The van der Waals surface area contributed by atoms with Gasteiger partial charge in [0.25, 0.3) is 0 Å². The van der Waals surface area contributed by atoms with Crippen LogP contribution in [0.15, 0.2) is 60.7 Å². The smallest absolute Gasteiger partial charge is 0.312 e. The summed E-state index contributed by atoms with van der Waals surface area (Å²) in [4.78, 5) is 11.5. The number of hydrogen-bond donors (Lipinski definition) is 0. The Hall–Kier alpha value is -1.29. The molecule has 7 radical (unpaired) electrons. The Morgan fingerprint density at radius 1 is 1.00 bits per heavy atom. The molecule has 0 spiro atoms. The van der Waals surface area contributed by atoms with Crippen molar-refractivity contribution in [1.82, 2.24) is 0 Å². The minimum Gasteiger partial charge on any atom is -0.469 e. The average molecular weight is 442 g/mol. The number of ether oxygens (including phenoxy) is 1. The zero-order valence-corrected chi connectivity index (χ0v) is 17.8. The molecule has 0 aliphatic heterocycles. The van der Waals surface area contributed by atoms with Gasteiger partial charge in [0.05, 0.1) is 12.5 Å². The molecule has 2 aliphatic carbocycles. The first-order valence-electron chi connectivity index (χ1n) is 8.43. The molecule has 131 valence electrons. The fourth-order valence-corrected chi connectivity index (χ4v) is 3.48. The van der Waals surface area contributed by atoms with Crippen LogP contribution in [0.1, 0.15) is 27.6 Å². The third-order valence-electron chi connectivity index (χ3n) is 4.74. The summed E-state index contributed by atoms with van der Waals surface area (Å²) in [7, 11) is 1.48. The first-order chi connectivity index (χ1) is 11.7. The molecule has 2 aliphatic rings. The van der Waals surface area contributed by atoms with E-state index in [9.17, 15) is 4.79 Å². The molecule has 0 unspecified atom stereocenters. The van der Waals surface area contributed by atoms with Crippen molar-refractivity contribution in [3.63, 3.8) is 0 Å². The SMILES string of the molecule is COC(=O)[C@@]1(C)[CH][C@H]2CC[C@@H]1C2.[HH].[Sn].[c]1ccccc1.[c]1ccccc1. The molecule has 2 saturated carbocycles. The molecule has 2 aromatic rings. The third-order valence-corrected chi connectivity index (χ3v) is 4.74. The van der Waals surface area contributed by atoms with Gasteiger partial charge in [-0.1, -0.05) is 60.7 Å². The molecule has 2 nitrogen and oxygen atoms in total. The second-order valence-electron chi connectivity index (χ2n) is 6.37. The van der Waals surface area contributed by atoms with E-state index >= 15 is 0 Å². The summed E-state index contributed by atoms with van der Waals surface area (Å²) in [5.41, 5.74) is -0.266. The Balaban J connectivity index is 0.000000382. The van der Waals surface area contributed by atoms with E-state index in [1.807, 2.05) is 67.6 Å². The van der Waals surface area contributed by atoms with Crippen LogP contribution in [0.5, 0.6) is 0 Å². The van der Waals surface area contributed by atoms with E-state index in [0.29, 0.717) is 11.8 Å². The summed E-state index contributed by atoms with van der Waals surface area (Å²) in [6.07, 6.45) is 5.88. The molecule has 4 rings (SSSR count). The van der Waals surface area contributed by atoms with Gasteiger partial charge in [-0.2, -0.15) is 0 Å². The van der Waals surface area contributed by atoms with Gasteiger partial charge in [0.2, 0.25) is 0 Å². The van der Waals surface area contributed by atoms with Crippen LogP contribution in [0.3, 0.4) is 0 Å². The van der Waals surface area contributed by atoms with Crippen molar-refractivity contribution in [2.24, 2.45) is 17.3 Å². The Morgan fingerprint density at radius 3 is 1.76 bits per heavy atom. The fraction of sp³-hybridized carbons (Fsp3) is 0.364. The predicted molar refractivity (Wildman–Crippen MR) is 104 cm³/mol. The third kappa shape index (κ3) is 6.50. The van der Waals surface area contributed by atoms with Crippen LogP contribution in [-0.2, 0) is 9.53 Å². The first kappa shape index (κ1) is 21.8. The van der Waals surface area contributed by atoms with Crippen LogP contribution < -0.4 is 0 Å². The molecule has 2 aromatic carbocycles. The molecule has 25 heavy (non-hydrogen) atoms. The number of fused-ring (bicyclic) bond motifs is 2. The van der Waals surface area contributed by atoms with Gasteiger partial charge in [-0.3, -0.25) is 4.79 Å². The van der Waals surface area contributed by atoms with Crippen LogP contribution in [-0.4, -0.2) is 37.0 Å². The normalized spacial score (nSPS) is 25.4. The van der Waals surface area contributed by atoms with Crippen molar-refractivity contribution in [3.8, 4) is 0 Å². The van der Waals surface area contributed by atoms with Crippen LogP contribution in [0, 0.1) is 35.8 Å². The van der Waals surface area contributed by atoms with Gasteiger partial charge in [0, 0.05) is 25.3 Å². The quantitative estimate of drug-likeness (QED) is 0.476. The molecule has 0 N–H and O–H groups in total. The standard InChI is InChI=1S/C10H15O2.2C6H5.Sn.H2/c1-10(9(11)12-2)6-7-3-4-8(10)5-7;2*1-2-4-6-5-3-1;;/h6-8H,3-5H2,1-2H3;2*1-5H;;1H/t7-,8+,10-;;;;/m0..../s1. The van der Waals surface area contributed by atoms with Gasteiger partial charge < -0.3 is 4.74 Å². The van der Waals surface area contributed by atoms with E-state index in [2.05, 4.69) is 18.6 Å². The molecule has 0 amide bonds. The zero-order chi connectivity index (χ0) is 17.3. The van der Waals surface area contributed by atoms with E-state index < -0.39 is 0 Å². The number of carbonyl (C=O) groups is 1. The van der Waals surface area contributed by atoms with Crippen LogP contribution >= 0.6 is 0 Å². The Kier molecular flexibility index (Phi) is 9.87. The number of carbonyl (C=O) groups excluding carboxylic acids is 1. The van der Waals surface area contributed by atoms with E-state index in [1.54, 1.807) is 0 Å². The largest absolute Gasteiger partial charge is 0.469 e. The van der Waals surface area contributed by atoms with E-state index in [1.165, 1.54) is 26.4 Å². The summed E-state index contributed by atoms with van der Waals surface area (Å²) in [6.45, 7) is 2.02. The molecule has 0 heterocycles. The molecule has 3 atom stereocenters. The summed E-state index contributed by atoms with van der Waals surface area (Å²) in [5, 5.41) is 0. The topological polar surface area (TPSA) is 26.3 Å². The molecule has 2 fully saturated rings. The van der Waals surface area contributed by atoms with Gasteiger partial charge in [0.1, 0.15) is 0 Å². The Labute approximate surface area is 170 Å². The number of esters is 1. The summed E-state index contributed by atoms with van der Waals surface area (Å²) >= 11 is 0. The van der Waals surface area contributed by atoms with Crippen molar-refractivity contribution in [2.75, 3.05) is 7.11 Å². The fourth-order valence-electron chi connectivity index (χ4n) is 3.48. The van der Waals surface area contributed by atoms with Crippen molar-refractivity contribution >= 4 is 29.9 Å². The van der Waals surface area contributed by atoms with Crippen molar-refractivity contribution < 1.29 is 11.0 Å². The van der Waals surface area contributed by atoms with Gasteiger partial charge in [0.15, 0.2) is 0 Å². The molecule has 2 bridgehead atoms. The first-order valence-corrected chi connectivity index (χ1v) is 8.43. The van der Waals surface area contributed by atoms with E-state index in [4.69, 9.17) is 4.74 Å². The predicted octanol–water partition coefficient (Wildman–Crippen LogP) is 4.64. The maximum Gasteiger partial charge on any atom is 0.312 e. The second kappa shape index (κ2) is 11.3. The number of methoxy groups -OCH3 is 1. The maximum atomic E-state index is 11.5. The van der Waals surface area contributed by atoms with Crippen molar-refractivity contribution in [2.45, 2.75) is 26.2 Å².